The Kier molecular flexibility index (Phi) is 7.59. The largest absolute Gasteiger partial charge is 0.481 e. The third kappa shape index (κ3) is 7.68. The molecule has 1 aromatic rings. The molecule has 1 unspecified atom stereocenters. The lowest BCUT2D eigenvalue weighted by atomic mass is 9.78. The molecule has 0 spiro atoms. The van der Waals surface area contributed by atoms with Crippen LogP contribution in [0, 0.1) is 11.3 Å². The molecule has 0 aliphatic heterocycles. The molecule has 0 aromatic heterocycles. The molecule has 0 saturated carbocycles. The van der Waals surface area contributed by atoms with Crippen LogP contribution in [0.25, 0.3) is 0 Å². The summed E-state index contributed by atoms with van der Waals surface area (Å²) in [4.78, 5) is 22.8. The molecule has 2 N–H and O–H groups in total. The first-order valence-corrected chi connectivity index (χ1v) is 7.98. The number of carboxylic acids is 1. The van der Waals surface area contributed by atoms with Crippen LogP contribution in [0.2, 0.25) is 0 Å². The van der Waals surface area contributed by atoms with Gasteiger partial charge in [0.15, 0.2) is 0 Å². The zero-order chi connectivity index (χ0) is 17.3. The van der Waals surface area contributed by atoms with Gasteiger partial charge in [0.1, 0.15) is 6.61 Å². The summed E-state index contributed by atoms with van der Waals surface area (Å²) in [6.45, 7) is 6.54. The molecule has 128 valence electrons. The van der Waals surface area contributed by atoms with Crippen LogP contribution in [0.1, 0.15) is 45.6 Å². The van der Waals surface area contributed by atoms with Gasteiger partial charge in [-0.3, -0.25) is 4.79 Å². The molecule has 0 saturated heterocycles. The van der Waals surface area contributed by atoms with Crippen molar-refractivity contribution in [2.45, 2.75) is 46.6 Å². The van der Waals surface area contributed by atoms with Crippen LogP contribution in [0.15, 0.2) is 30.3 Å². The lowest BCUT2D eigenvalue weighted by molar-refractivity contribution is -0.145. The van der Waals surface area contributed by atoms with Gasteiger partial charge in [0.05, 0.1) is 5.92 Å². The van der Waals surface area contributed by atoms with E-state index in [1.54, 1.807) is 0 Å². The van der Waals surface area contributed by atoms with Gasteiger partial charge < -0.3 is 15.2 Å². The molecule has 1 aromatic carbocycles. The first-order valence-electron chi connectivity index (χ1n) is 7.98. The molecule has 5 heteroatoms. The number of carboxylic acid groups (broad SMARTS) is 1. The van der Waals surface area contributed by atoms with Gasteiger partial charge in [-0.1, -0.05) is 57.5 Å². The summed E-state index contributed by atoms with van der Waals surface area (Å²) in [5.74, 6) is -1.12. The molecular formula is C18H27NO4. The van der Waals surface area contributed by atoms with Gasteiger partial charge in [-0.2, -0.15) is 0 Å². The van der Waals surface area contributed by atoms with Crippen LogP contribution in [-0.4, -0.2) is 23.7 Å². The maximum atomic E-state index is 11.6. The van der Waals surface area contributed by atoms with Crippen LogP contribution in [-0.2, 0) is 16.1 Å². The number of hydrogen-bond acceptors (Lipinski definition) is 3. The second-order valence-corrected chi connectivity index (χ2v) is 6.74. The minimum absolute atomic E-state index is 0.248. The number of amides is 1. The highest BCUT2D eigenvalue weighted by Crippen LogP contribution is 2.30. The van der Waals surface area contributed by atoms with Crippen LogP contribution < -0.4 is 5.32 Å². The number of unbranched alkanes of at least 4 members (excludes halogenated alkanes) is 1. The van der Waals surface area contributed by atoms with E-state index in [0.717, 1.165) is 18.4 Å². The van der Waals surface area contributed by atoms with E-state index >= 15 is 0 Å². The van der Waals surface area contributed by atoms with Gasteiger partial charge in [0, 0.05) is 6.54 Å². The Labute approximate surface area is 138 Å². The van der Waals surface area contributed by atoms with Crippen molar-refractivity contribution in [3.63, 3.8) is 0 Å². The number of rotatable bonds is 8. The average molecular weight is 321 g/mol. The van der Waals surface area contributed by atoms with E-state index in [2.05, 4.69) is 5.32 Å². The van der Waals surface area contributed by atoms with Crippen molar-refractivity contribution >= 4 is 12.1 Å². The van der Waals surface area contributed by atoms with E-state index in [1.807, 2.05) is 51.1 Å². The fourth-order valence-corrected chi connectivity index (χ4v) is 2.36. The van der Waals surface area contributed by atoms with Gasteiger partial charge in [-0.25, -0.2) is 4.79 Å². The van der Waals surface area contributed by atoms with E-state index in [0.29, 0.717) is 13.0 Å². The summed E-state index contributed by atoms with van der Waals surface area (Å²) in [6, 6.07) is 9.48. The summed E-state index contributed by atoms with van der Waals surface area (Å²) in [7, 11) is 0. The zero-order valence-electron chi connectivity index (χ0n) is 14.2. The van der Waals surface area contributed by atoms with Crippen molar-refractivity contribution < 1.29 is 19.4 Å². The normalized spacial score (nSPS) is 12.5. The van der Waals surface area contributed by atoms with Crippen molar-refractivity contribution in [1.82, 2.24) is 5.32 Å². The predicted octanol–water partition coefficient (Wildman–Crippen LogP) is 3.83. The molecule has 0 heterocycles. The summed E-state index contributed by atoms with van der Waals surface area (Å²) in [5.41, 5.74) is 0.686. The number of nitrogens with one attached hydrogen (secondary N) is 1. The molecule has 0 fully saturated rings. The Morgan fingerprint density at radius 2 is 1.83 bits per heavy atom. The maximum Gasteiger partial charge on any atom is 0.407 e. The van der Waals surface area contributed by atoms with Gasteiger partial charge >= 0.3 is 12.1 Å². The van der Waals surface area contributed by atoms with Crippen LogP contribution >= 0.6 is 0 Å². The second-order valence-electron chi connectivity index (χ2n) is 6.74. The first kappa shape index (κ1) is 19.0. The van der Waals surface area contributed by atoms with Gasteiger partial charge in [-0.15, -0.1) is 0 Å². The summed E-state index contributed by atoms with van der Waals surface area (Å²) < 4.78 is 5.10. The van der Waals surface area contributed by atoms with E-state index in [4.69, 9.17) is 4.74 Å². The second kappa shape index (κ2) is 9.18. The smallest absolute Gasteiger partial charge is 0.407 e. The third-order valence-corrected chi connectivity index (χ3v) is 3.75. The van der Waals surface area contributed by atoms with Crippen molar-refractivity contribution in [1.29, 1.82) is 0 Å². The minimum atomic E-state index is -0.757. The summed E-state index contributed by atoms with van der Waals surface area (Å²) >= 11 is 0. The molecule has 0 bridgehead atoms. The van der Waals surface area contributed by atoms with Crippen molar-refractivity contribution in [3.8, 4) is 0 Å². The average Bonchev–Trinajstić information content (AvgIpc) is 2.48. The topological polar surface area (TPSA) is 75.6 Å². The molecule has 5 nitrogen and oxygen atoms in total. The molecular weight excluding hydrogens is 294 g/mol. The van der Waals surface area contributed by atoms with Gasteiger partial charge in [0.25, 0.3) is 0 Å². The highest BCUT2D eigenvalue weighted by Gasteiger charge is 2.30. The zero-order valence-corrected chi connectivity index (χ0v) is 14.2. The molecule has 0 radical (unpaired) electrons. The Hall–Kier alpha value is -2.04. The standard InChI is InChI=1S/C18H27NO4/c1-18(2,3)15(16(20)21)11-7-8-12-19-17(22)23-13-14-9-5-4-6-10-14/h4-6,9-10,15H,7-8,11-13H2,1-3H3,(H,19,22)(H,20,21). The van der Waals surface area contributed by atoms with Crippen molar-refractivity contribution in [3.05, 3.63) is 35.9 Å². The summed E-state index contributed by atoms with van der Waals surface area (Å²) in [6.07, 6.45) is 1.66. The van der Waals surface area contributed by atoms with E-state index in [1.165, 1.54) is 0 Å². The highest BCUT2D eigenvalue weighted by molar-refractivity contribution is 5.70. The first-order chi connectivity index (χ1) is 10.8. The summed E-state index contributed by atoms with van der Waals surface area (Å²) in [5, 5.41) is 11.9. The molecule has 1 atom stereocenters. The monoisotopic (exact) mass is 321 g/mol. The number of hydrogen-bond donors (Lipinski definition) is 2. The lowest BCUT2D eigenvalue weighted by Crippen LogP contribution is -2.29. The number of ether oxygens (including phenoxy) is 1. The van der Waals surface area contributed by atoms with Crippen LogP contribution in [0.4, 0.5) is 4.79 Å². The van der Waals surface area contributed by atoms with Gasteiger partial charge in [0.2, 0.25) is 0 Å². The Morgan fingerprint density at radius 3 is 2.39 bits per heavy atom. The molecule has 0 aliphatic rings. The number of benzene rings is 1. The fraction of sp³-hybridized carbons (Fsp3) is 0.556. The van der Waals surface area contributed by atoms with Gasteiger partial charge in [-0.05, 0) is 23.8 Å². The molecule has 1 rings (SSSR count). The molecule has 0 aliphatic carbocycles. The van der Waals surface area contributed by atoms with E-state index in [-0.39, 0.29) is 17.9 Å². The maximum absolute atomic E-state index is 11.6. The van der Waals surface area contributed by atoms with Crippen LogP contribution in [0.3, 0.4) is 0 Å². The number of carbonyl (C=O) groups excluding carboxylic acids is 1. The quantitative estimate of drug-likeness (QED) is 0.714. The Morgan fingerprint density at radius 1 is 1.17 bits per heavy atom. The van der Waals surface area contributed by atoms with E-state index < -0.39 is 12.1 Å². The molecule has 23 heavy (non-hydrogen) atoms. The third-order valence-electron chi connectivity index (χ3n) is 3.75. The Balaban J connectivity index is 2.17. The lowest BCUT2D eigenvalue weighted by Gasteiger charge is -2.26. The SMILES string of the molecule is CC(C)(C)C(CCCCNC(=O)OCc1ccccc1)C(=O)O. The van der Waals surface area contributed by atoms with Crippen molar-refractivity contribution in [2.24, 2.45) is 11.3 Å². The molecule has 1 amide bonds. The van der Waals surface area contributed by atoms with Crippen LogP contribution in [0.5, 0.6) is 0 Å². The number of carbonyl (C=O) groups is 2. The highest BCUT2D eigenvalue weighted by atomic mass is 16.5. The Bertz CT molecular complexity index is 493. The number of aliphatic carboxylic acids is 1. The minimum Gasteiger partial charge on any atom is -0.481 e. The fourth-order valence-electron chi connectivity index (χ4n) is 2.36. The van der Waals surface area contributed by atoms with E-state index in [9.17, 15) is 14.7 Å². The van der Waals surface area contributed by atoms with Crippen molar-refractivity contribution in [2.75, 3.05) is 6.54 Å². The predicted molar refractivity (Wildman–Crippen MR) is 89.1 cm³/mol. The number of alkyl carbamates (subject to hydrolysis) is 1.